The van der Waals surface area contributed by atoms with E-state index in [4.69, 9.17) is 9.97 Å². The third-order valence-corrected chi connectivity index (χ3v) is 12.0. The van der Waals surface area contributed by atoms with Crippen LogP contribution in [0.4, 0.5) is 0 Å². The van der Waals surface area contributed by atoms with Gasteiger partial charge in [-0.25, -0.2) is 9.97 Å². The number of nitrogens with zero attached hydrogens (tertiary/aromatic N) is 3. The normalized spacial score (nSPS) is 11.4. The molecule has 0 aliphatic heterocycles. The minimum Gasteiger partial charge on any atom is -0.258 e. The molecule has 11 aromatic rings. The molecule has 11 rings (SSSR count). The minimum absolute atomic E-state index is 0.682. The van der Waals surface area contributed by atoms with Crippen molar-refractivity contribution in [2.45, 2.75) is 13.8 Å². The summed E-state index contributed by atoms with van der Waals surface area (Å²) in [6.45, 7) is 4.10. The van der Waals surface area contributed by atoms with Gasteiger partial charge in [-0.1, -0.05) is 170 Å². The number of hydrogen-bond donors (Lipinski definition) is 0. The van der Waals surface area contributed by atoms with Crippen LogP contribution in [0, 0.1) is 13.8 Å². The number of aryl methyl sites for hydroxylation is 2. The van der Waals surface area contributed by atoms with Crippen molar-refractivity contribution in [2.24, 2.45) is 0 Å². The van der Waals surface area contributed by atoms with E-state index in [-0.39, 0.29) is 0 Å². The lowest BCUT2D eigenvalue weighted by molar-refractivity contribution is 1.12. The van der Waals surface area contributed by atoms with Crippen molar-refractivity contribution in [3.63, 3.8) is 0 Å². The summed E-state index contributed by atoms with van der Waals surface area (Å²) in [5.41, 5.74) is 16.1. The van der Waals surface area contributed by atoms with Crippen molar-refractivity contribution in [2.75, 3.05) is 0 Å². The van der Waals surface area contributed by atoms with E-state index in [1.807, 2.05) is 26.0 Å². The largest absolute Gasteiger partial charge is 0.258 e. The summed E-state index contributed by atoms with van der Waals surface area (Å²) in [6.07, 6.45) is 0. The summed E-state index contributed by atoms with van der Waals surface area (Å²) in [4.78, 5) is 15.1. The lowest BCUT2D eigenvalue weighted by Crippen LogP contribution is -1.97. The Kier molecular flexibility index (Phi) is 9.28. The van der Waals surface area contributed by atoms with Crippen molar-refractivity contribution >= 4 is 32.3 Å². The van der Waals surface area contributed by atoms with Gasteiger partial charge in [0.25, 0.3) is 0 Å². The van der Waals surface area contributed by atoms with E-state index in [2.05, 4.69) is 205 Å². The number of fused-ring (bicyclic) bond motifs is 6. The zero-order valence-electron chi connectivity index (χ0n) is 34.5. The van der Waals surface area contributed by atoms with Gasteiger partial charge in [-0.05, 0) is 133 Å². The van der Waals surface area contributed by atoms with Gasteiger partial charge in [0.15, 0.2) is 5.82 Å². The fraction of sp³-hybridized carbons (Fsp3) is 0.0339. The van der Waals surface area contributed by atoms with Crippen molar-refractivity contribution in [1.29, 1.82) is 0 Å². The molecule has 0 unspecified atom stereocenters. The van der Waals surface area contributed by atoms with Crippen LogP contribution in [0.5, 0.6) is 0 Å². The van der Waals surface area contributed by atoms with Gasteiger partial charge >= 0.3 is 0 Å². The second kappa shape index (κ2) is 15.5. The van der Waals surface area contributed by atoms with Crippen molar-refractivity contribution < 1.29 is 0 Å². The van der Waals surface area contributed by atoms with Crippen LogP contribution in [0.15, 0.2) is 212 Å². The van der Waals surface area contributed by atoms with E-state index in [9.17, 15) is 0 Å². The molecule has 0 saturated heterocycles. The molecule has 2 heterocycles. The van der Waals surface area contributed by atoms with Crippen LogP contribution in [0.3, 0.4) is 0 Å². The summed E-state index contributed by atoms with van der Waals surface area (Å²) in [7, 11) is 0. The van der Waals surface area contributed by atoms with Crippen LogP contribution in [0.2, 0.25) is 0 Å². The van der Waals surface area contributed by atoms with Crippen LogP contribution < -0.4 is 0 Å². The molecule has 292 valence electrons. The van der Waals surface area contributed by atoms with Crippen LogP contribution in [0.1, 0.15) is 11.4 Å². The Balaban J connectivity index is 1.06. The van der Waals surface area contributed by atoms with Gasteiger partial charge in [-0.3, -0.25) is 4.98 Å². The average molecular weight is 792 g/mol. The second-order valence-electron chi connectivity index (χ2n) is 16.1. The van der Waals surface area contributed by atoms with E-state index >= 15 is 0 Å². The zero-order valence-corrected chi connectivity index (χ0v) is 34.5. The van der Waals surface area contributed by atoms with Gasteiger partial charge in [0.1, 0.15) is 0 Å². The number of benzene rings is 9. The monoisotopic (exact) mass is 791 g/mol. The molecule has 0 atom stereocenters. The molecule has 0 radical (unpaired) electrons. The number of rotatable bonds is 7. The van der Waals surface area contributed by atoms with Gasteiger partial charge in [0, 0.05) is 28.1 Å². The minimum atomic E-state index is 0.682. The smallest absolute Gasteiger partial charge is 0.160 e. The maximum Gasteiger partial charge on any atom is 0.160 e. The quantitative estimate of drug-likeness (QED) is 0.151. The molecule has 2 aromatic heterocycles. The topological polar surface area (TPSA) is 38.7 Å². The van der Waals surface area contributed by atoms with Crippen molar-refractivity contribution in [3.05, 3.63) is 224 Å². The van der Waals surface area contributed by atoms with E-state index in [1.54, 1.807) is 0 Å². The van der Waals surface area contributed by atoms with Crippen LogP contribution in [-0.4, -0.2) is 15.0 Å². The highest BCUT2D eigenvalue weighted by molar-refractivity contribution is 6.25. The Hall–Kier alpha value is -8.01. The molecule has 3 nitrogen and oxygen atoms in total. The van der Waals surface area contributed by atoms with Gasteiger partial charge in [-0.15, -0.1) is 0 Å². The van der Waals surface area contributed by atoms with Gasteiger partial charge in [0.2, 0.25) is 0 Å². The third-order valence-electron chi connectivity index (χ3n) is 12.0. The Morgan fingerprint density at radius 1 is 0.226 bits per heavy atom. The summed E-state index contributed by atoms with van der Waals surface area (Å²) < 4.78 is 0. The first-order chi connectivity index (χ1) is 30.5. The molecule has 0 aliphatic carbocycles. The Bertz CT molecular complexity index is 3330. The van der Waals surface area contributed by atoms with Crippen molar-refractivity contribution in [3.8, 4) is 78.4 Å². The van der Waals surface area contributed by atoms with Gasteiger partial charge in [0.05, 0.1) is 11.4 Å². The SMILES string of the molecule is Cc1cc(-c2ccc(-c3ccc(-c4cc(-c5ccc6c7ccccc7c7ccccc7c6c5)cc(-c5nc(-c6ccccc6)cc(-c6ccccc6)n5)c4)cc3)cc2)cc(C)n1. The molecule has 0 bridgehead atoms. The van der Waals surface area contributed by atoms with E-state index in [0.29, 0.717) is 5.82 Å². The van der Waals surface area contributed by atoms with Crippen LogP contribution in [-0.2, 0) is 0 Å². The number of hydrogen-bond acceptors (Lipinski definition) is 3. The number of aromatic nitrogens is 3. The fourth-order valence-corrected chi connectivity index (χ4v) is 8.98. The van der Waals surface area contributed by atoms with E-state index in [0.717, 1.165) is 61.7 Å². The summed E-state index contributed by atoms with van der Waals surface area (Å²) in [5, 5.41) is 7.54. The highest BCUT2D eigenvalue weighted by atomic mass is 14.9. The molecule has 9 aromatic carbocycles. The Labute approximate surface area is 361 Å². The predicted molar refractivity (Wildman–Crippen MR) is 260 cm³/mol. The molecule has 3 heteroatoms. The summed E-state index contributed by atoms with van der Waals surface area (Å²) in [6, 6.07) is 76.2. The van der Waals surface area contributed by atoms with Gasteiger partial charge < -0.3 is 0 Å². The number of pyridine rings is 1. The summed E-state index contributed by atoms with van der Waals surface area (Å²) in [5.74, 6) is 0.682. The van der Waals surface area contributed by atoms with E-state index < -0.39 is 0 Å². The molecule has 0 saturated carbocycles. The molecular weight excluding hydrogens is 751 g/mol. The van der Waals surface area contributed by atoms with Gasteiger partial charge in [-0.2, -0.15) is 0 Å². The fourth-order valence-electron chi connectivity index (χ4n) is 8.98. The first-order valence-electron chi connectivity index (χ1n) is 21.2. The zero-order chi connectivity index (χ0) is 41.6. The van der Waals surface area contributed by atoms with Crippen molar-refractivity contribution in [1.82, 2.24) is 15.0 Å². The molecule has 62 heavy (non-hydrogen) atoms. The molecule has 0 aliphatic rings. The van der Waals surface area contributed by atoms with Crippen LogP contribution >= 0.6 is 0 Å². The first-order valence-corrected chi connectivity index (χ1v) is 21.2. The second-order valence-corrected chi connectivity index (χ2v) is 16.1. The third kappa shape index (κ3) is 7.00. The molecular formula is C59H41N3. The first kappa shape index (κ1) is 37.0. The van der Waals surface area contributed by atoms with Crippen LogP contribution in [0.25, 0.3) is 111 Å². The Morgan fingerprint density at radius 3 is 1.06 bits per heavy atom. The van der Waals surface area contributed by atoms with E-state index in [1.165, 1.54) is 54.6 Å². The maximum atomic E-state index is 5.27. The standard InChI is InChI=1S/C59H41N3/c1-38-31-47(32-39(2)60-38)42-25-21-40(22-26-42)41-23-27-43(28-24-41)48-33-49(46-29-30-55-53-19-10-9-17-51(53)52-18-11-12-20-54(52)56(55)36-46)35-50(34-48)59-61-57(44-13-5-3-6-14-44)37-58(62-59)45-15-7-4-8-16-45/h3-37H,1-2H3. The Morgan fingerprint density at radius 2 is 0.581 bits per heavy atom. The summed E-state index contributed by atoms with van der Waals surface area (Å²) >= 11 is 0. The maximum absolute atomic E-state index is 5.27. The molecule has 0 amide bonds. The highest BCUT2D eigenvalue weighted by Crippen LogP contribution is 2.40. The molecule has 0 spiro atoms. The lowest BCUT2D eigenvalue weighted by Gasteiger charge is -2.15. The lowest BCUT2D eigenvalue weighted by atomic mass is 9.90. The highest BCUT2D eigenvalue weighted by Gasteiger charge is 2.16. The molecule has 0 N–H and O–H groups in total. The molecule has 0 fully saturated rings. The predicted octanol–water partition coefficient (Wildman–Crippen LogP) is 15.6. The average Bonchev–Trinajstić information content (AvgIpc) is 3.34.